The summed E-state index contributed by atoms with van der Waals surface area (Å²) in [5, 5.41) is 0. The number of rotatable bonds is 1. The lowest BCUT2D eigenvalue weighted by Crippen LogP contribution is -2.48. The molecule has 100 valence electrons. The molecule has 2 rings (SSSR count). The van der Waals surface area contributed by atoms with Gasteiger partial charge < -0.3 is 4.74 Å². The predicted octanol–water partition coefficient (Wildman–Crippen LogP) is 2.89. The molecule has 18 heavy (non-hydrogen) atoms. The van der Waals surface area contributed by atoms with Gasteiger partial charge in [0.15, 0.2) is 5.78 Å². The topological polar surface area (TPSA) is 43.4 Å². The summed E-state index contributed by atoms with van der Waals surface area (Å²) in [4.78, 5) is 23.8. The Morgan fingerprint density at radius 3 is 2.61 bits per heavy atom. The minimum atomic E-state index is -0.340. The third-order valence-corrected chi connectivity index (χ3v) is 4.96. The van der Waals surface area contributed by atoms with Crippen LogP contribution in [0.5, 0.6) is 0 Å². The number of methoxy groups -OCH3 is 1. The first-order valence-electron chi connectivity index (χ1n) is 6.64. The standard InChI is InChI=1S/C15H22O3/c1-14(2)6-5-7-15(3)11(13(17)18-4)8-10(16)9-12(14)15/h8,12H,5-7,9H2,1-4H3/t12-,15+/m0/s1. The van der Waals surface area contributed by atoms with E-state index in [4.69, 9.17) is 4.74 Å². The SMILES string of the molecule is COC(=O)C1=CC(=O)C[C@H]2C(C)(C)CCC[C@]12C. The van der Waals surface area contributed by atoms with Gasteiger partial charge in [-0.3, -0.25) is 4.79 Å². The molecule has 0 amide bonds. The summed E-state index contributed by atoms with van der Waals surface area (Å²) in [5.74, 6) is -0.0357. The maximum atomic E-state index is 11.9. The predicted molar refractivity (Wildman–Crippen MR) is 69.0 cm³/mol. The molecule has 3 nitrogen and oxygen atoms in total. The smallest absolute Gasteiger partial charge is 0.334 e. The van der Waals surface area contributed by atoms with Crippen LogP contribution in [0.1, 0.15) is 46.5 Å². The van der Waals surface area contributed by atoms with Gasteiger partial charge in [-0.05, 0) is 30.3 Å². The van der Waals surface area contributed by atoms with E-state index < -0.39 is 0 Å². The molecular formula is C15H22O3. The molecule has 2 atom stereocenters. The van der Waals surface area contributed by atoms with E-state index in [1.165, 1.54) is 13.2 Å². The van der Waals surface area contributed by atoms with Gasteiger partial charge in [0.05, 0.1) is 7.11 Å². The van der Waals surface area contributed by atoms with E-state index in [-0.39, 0.29) is 28.5 Å². The van der Waals surface area contributed by atoms with Crippen LogP contribution in [0.15, 0.2) is 11.6 Å². The summed E-state index contributed by atoms with van der Waals surface area (Å²) in [6.45, 7) is 6.54. The van der Waals surface area contributed by atoms with Crippen molar-refractivity contribution in [2.45, 2.75) is 46.5 Å². The van der Waals surface area contributed by atoms with Crippen molar-refractivity contribution < 1.29 is 14.3 Å². The third-order valence-electron chi connectivity index (χ3n) is 4.96. The van der Waals surface area contributed by atoms with Crippen molar-refractivity contribution in [3.63, 3.8) is 0 Å². The van der Waals surface area contributed by atoms with Crippen LogP contribution in [0, 0.1) is 16.7 Å². The molecule has 2 aliphatic carbocycles. The zero-order chi connectivity index (χ0) is 13.6. The lowest BCUT2D eigenvalue weighted by Gasteiger charge is -2.52. The average Bonchev–Trinajstić information content (AvgIpc) is 2.29. The van der Waals surface area contributed by atoms with Gasteiger partial charge in [-0.15, -0.1) is 0 Å². The molecule has 0 N–H and O–H groups in total. The fourth-order valence-corrected chi connectivity index (χ4v) is 3.93. The van der Waals surface area contributed by atoms with Gasteiger partial charge in [-0.25, -0.2) is 4.79 Å². The summed E-state index contributed by atoms with van der Waals surface area (Å²) in [6.07, 6.45) is 5.26. The van der Waals surface area contributed by atoms with Crippen LogP contribution < -0.4 is 0 Å². The van der Waals surface area contributed by atoms with Crippen LogP contribution in [-0.4, -0.2) is 18.9 Å². The fourth-order valence-electron chi connectivity index (χ4n) is 3.93. The van der Waals surface area contributed by atoms with Crippen molar-refractivity contribution >= 4 is 11.8 Å². The Hall–Kier alpha value is -1.12. The first-order valence-corrected chi connectivity index (χ1v) is 6.64. The van der Waals surface area contributed by atoms with Crippen LogP contribution in [0.25, 0.3) is 0 Å². The Morgan fingerprint density at radius 2 is 2.00 bits per heavy atom. The van der Waals surface area contributed by atoms with Gasteiger partial charge >= 0.3 is 5.97 Å². The highest BCUT2D eigenvalue weighted by Crippen LogP contribution is 2.57. The Morgan fingerprint density at radius 1 is 1.33 bits per heavy atom. The van der Waals surface area contributed by atoms with Gasteiger partial charge in [0.25, 0.3) is 0 Å². The highest BCUT2D eigenvalue weighted by Gasteiger charge is 2.52. The molecule has 0 aliphatic heterocycles. The molecule has 1 fully saturated rings. The molecule has 0 radical (unpaired) electrons. The molecule has 0 unspecified atom stereocenters. The number of carbonyl (C=O) groups is 2. The first-order chi connectivity index (χ1) is 8.31. The second kappa shape index (κ2) is 4.22. The molecule has 0 aromatic rings. The summed E-state index contributed by atoms with van der Waals surface area (Å²) in [7, 11) is 1.38. The number of hydrogen-bond acceptors (Lipinski definition) is 3. The van der Waals surface area contributed by atoms with Crippen LogP contribution in [0.4, 0.5) is 0 Å². The Bertz CT molecular complexity index is 419. The van der Waals surface area contributed by atoms with E-state index in [0.717, 1.165) is 19.3 Å². The number of carbonyl (C=O) groups excluding carboxylic acids is 2. The van der Waals surface area contributed by atoms with Gasteiger partial charge in [0.2, 0.25) is 0 Å². The van der Waals surface area contributed by atoms with Crippen molar-refractivity contribution in [3.8, 4) is 0 Å². The number of ketones is 1. The Kier molecular flexibility index (Phi) is 3.12. The van der Waals surface area contributed by atoms with E-state index >= 15 is 0 Å². The van der Waals surface area contributed by atoms with Gasteiger partial charge in [0.1, 0.15) is 0 Å². The van der Waals surface area contributed by atoms with Crippen LogP contribution in [0.3, 0.4) is 0 Å². The third kappa shape index (κ3) is 1.90. The molecule has 3 heteroatoms. The zero-order valence-corrected chi connectivity index (χ0v) is 11.7. The largest absolute Gasteiger partial charge is 0.466 e. The number of ether oxygens (including phenoxy) is 1. The molecule has 1 saturated carbocycles. The highest BCUT2D eigenvalue weighted by molar-refractivity contribution is 6.02. The van der Waals surface area contributed by atoms with Crippen molar-refractivity contribution in [2.24, 2.45) is 16.7 Å². The minimum absolute atomic E-state index is 0.0628. The molecule has 0 saturated heterocycles. The average molecular weight is 250 g/mol. The Balaban J connectivity index is 2.48. The van der Waals surface area contributed by atoms with Crippen molar-refractivity contribution in [3.05, 3.63) is 11.6 Å². The van der Waals surface area contributed by atoms with E-state index in [1.54, 1.807) is 0 Å². The van der Waals surface area contributed by atoms with Crippen LogP contribution >= 0.6 is 0 Å². The quantitative estimate of drug-likeness (QED) is 0.672. The highest BCUT2D eigenvalue weighted by atomic mass is 16.5. The second-order valence-electron chi connectivity index (χ2n) is 6.53. The fraction of sp³-hybridized carbons (Fsp3) is 0.733. The molecule has 2 aliphatic rings. The van der Waals surface area contributed by atoms with Crippen molar-refractivity contribution in [2.75, 3.05) is 7.11 Å². The Labute approximate surface area is 109 Å². The lowest BCUT2D eigenvalue weighted by atomic mass is 9.51. The molecule has 0 heterocycles. The zero-order valence-electron chi connectivity index (χ0n) is 11.7. The normalized spacial score (nSPS) is 34.6. The summed E-state index contributed by atoms with van der Waals surface area (Å²) in [6, 6.07) is 0. The maximum absolute atomic E-state index is 11.9. The van der Waals surface area contributed by atoms with E-state index in [9.17, 15) is 9.59 Å². The molecule has 0 aromatic carbocycles. The van der Waals surface area contributed by atoms with Crippen LogP contribution in [0.2, 0.25) is 0 Å². The summed E-state index contributed by atoms with van der Waals surface area (Å²) >= 11 is 0. The van der Waals surface area contributed by atoms with E-state index in [2.05, 4.69) is 20.8 Å². The lowest BCUT2D eigenvalue weighted by molar-refractivity contribution is -0.141. The molecule has 0 aromatic heterocycles. The number of esters is 1. The minimum Gasteiger partial charge on any atom is -0.466 e. The van der Waals surface area contributed by atoms with Crippen molar-refractivity contribution in [1.82, 2.24) is 0 Å². The molecule has 0 spiro atoms. The number of hydrogen-bond donors (Lipinski definition) is 0. The van der Waals surface area contributed by atoms with Gasteiger partial charge in [0, 0.05) is 17.4 Å². The second-order valence-corrected chi connectivity index (χ2v) is 6.53. The van der Waals surface area contributed by atoms with Gasteiger partial charge in [-0.1, -0.05) is 27.2 Å². The summed E-state index contributed by atoms with van der Waals surface area (Å²) < 4.78 is 4.86. The number of fused-ring (bicyclic) bond motifs is 1. The first kappa shape index (κ1) is 13.3. The van der Waals surface area contributed by atoms with Crippen LogP contribution in [-0.2, 0) is 14.3 Å². The van der Waals surface area contributed by atoms with Gasteiger partial charge in [-0.2, -0.15) is 0 Å². The number of allylic oxidation sites excluding steroid dienone is 1. The van der Waals surface area contributed by atoms with E-state index in [1.807, 2.05) is 0 Å². The van der Waals surface area contributed by atoms with Crippen molar-refractivity contribution in [1.29, 1.82) is 0 Å². The molecular weight excluding hydrogens is 228 g/mol. The monoisotopic (exact) mass is 250 g/mol. The van der Waals surface area contributed by atoms with E-state index in [0.29, 0.717) is 12.0 Å². The maximum Gasteiger partial charge on any atom is 0.334 e. The summed E-state index contributed by atoms with van der Waals surface area (Å²) in [5.41, 5.74) is 0.484. The molecule has 0 bridgehead atoms.